The highest BCUT2D eigenvalue weighted by Gasteiger charge is 2.22. The monoisotopic (exact) mass is 370 g/mol. The number of aromatic nitrogens is 3. The van der Waals surface area contributed by atoms with Gasteiger partial charge in [0.15, 0.2) is 5.65 Å². The summed E-state index contributed by atoms with van der Waals surface area (Å²) in [5.41, 5.74) is 1.63. The van der Waals surface area contributed by atoms with Gasteiger partial charge in [0.2, 0.25) is 5.91 Å². The average Bonchev–Trinajstić information content (AvgIpc) is 3.08. The molecule has 8 nitrogen and oxygen atoms in total. The topological polar surface area (TPSA) is 94.2 Å². The minimum atomic E-state index is -0.163. The predicted octanol–water partition coefficient (Wildman–Crippen LogP) is 1.57. The van der Waals surface area contributed by atoms with Gasteiger partial charge in [-0.1, -0.05) is 27.4 Å². The van der Waals surface area contributed by atoms with Crippen LogP contribution in [-0.4, -0.2) is 64.4 Å². The van der Waals surface area contributed by atoms with Crippen LogP contribution in [0.2, 0.25) is 0 Å². The van der Waals surface area contributed by atoms with E-state index in [2.05, 4.69) is 52.5 Å². The van der Waals surface area contributed by atoms with E-state index in [-0.39, 0.29) is 17.2 Å². The second-order valence-corrected chi connectivity index (χ2v) is 7.89. The summed E-state index contributed by atoms with van der Waals surface area (Å²) in [4.78, 5) is 40.2. The van der Waals surface area contributed by atoms with Crippen molar-refractivity contribution >= 4 is 28.8 Å². The molecule has 3 rings (SSSR count). The number of amides is 2. The maximum absolute atomic E-state index is 12.5. The first-order valence-electron chi connectivity index (χ1n) is 9.07. The van der Waals surface area contributed by atoms with Crippen molar-refractivity contribution in [2.45, 2.75) is 20.8 Å². The lowest BCUT2D eigenvalue weighted by atomic mass is 9.97. The molecule has 1 fully saturated rings. The van der Waals surface area contributed by atoms with Crippen LogP contribution >= 0.6 is 0 Å². The van der Waals surface area contributed by atoms with Crippen LogP contribution in [0, 0.1) is 5.41 Å². The molecule has 1 saturated heterocycles. The molecule has 2 amide bonds. The summed E-state index contributed by atoms with van der Waals surface area (Å²) in [5.74, 6) is 0.487. The molecule has 8 heteroatoms. The molecule has 0 unspecified atom stereocenters. The van der Waals surface area contributed by atoms with Crippen molar-refractivity contribution in [2.24, 2.45) is 5.41 Å². The molecule has 2 aromatic heterocycles. The van der Waals surface area contributed by atoms with Crippen molar-refractivity contribution in [3.8, 4) is 0 Å². The van der Waals surface area contributed by atoms with Gasteiger partial charge in [-0.3, -0.25) is 9.59 Å². The van der Waals surface area contributed by atoms with E-state index in [1.165, 1.54) is 6.08 Å². The van der Waals surface area contributed by atoms with E-state index < -0.39 is 0 Å². The number of hydrogen-bond donors (Lipinski definition) is 2. The van der Waals surface area contributed by atoms with Gasteiger partial charge in [0.1, 0.15) is 11.3 Å². The Labute approximate surface area is 158 Å². The van der Waals surface area contributed by atoms with Crippen LogP contribution in [0.5, 0.6) is 0 Å². The summed E-state index contributed by atoms with van der Waals surface area (Å²) < 4.78 is 0. The molecule has 0 spiro atoms. The van der Waals surface area contributed by atoms with E-state index in [0.717, 1.165) is 0 Å². The summed E-state index contributed by atoms with van der Waals surface area (Å²) in [6.45, 7) is 12.8. The number of H-pyrrole nitrogens is 1. The first kappa shape index (κ1) is 18.9. The van der Waals surface area contributed by atoms with Crippen molar-refractivity contribution in [1.82, 2.24) is 25.2 Å². The highest BCUT2D eigenvalue weighted by atomic mass is 16.2. The van der Waals surface area contributed by atoms with E-state index in [1.807, 2.05) is 0 Å². The number of piperazine rings is 1. The van der Waals surface area contributed by atoms with E-state index in [4.69, 9.17) is 0 Å². The normalized spacial score (nSPS) is 15.1. The van der Waals surface area contributed by atoms with Crippen LogP contribution in [-0.2, 0) is 4.79 Å². The Morgan fingerprint density at radius 1 is 1.30 bits per heavy atom. The van der Waals surface area contributed by atoms with Crippen LogP contribution in [0.1, 0.15) is 31.1 Å². The summed E-state index contributed by atoms with van der Waals surface area (Å²) in [6.07, 6.45) is 4.68. The van der Waals surface area contributed by atoms with Gasteiger partial charge in [0.05, 0.1) is 11.8 Å². The highest BCUT2D eigenvalue weighted by Crippen LogP contribution is 2.20. The zero-order chi connectivity index (χ0) is 19.6. The Balaban J connectivity index is 1.76. The largest absolute Gasteiger partial charge is 0.352 e. The molecular weight excluding hydrogens is 344 g/mol. The fourth-order valence-corrected chi connectivity index (χ4v) is 2.93. The van der Waals surface area contributed by atoms with Crippen molar-refractivity contribution in [1.29, 1.82) is 0 Å². The summed E-state index contributed by atoms with van der Waals surface area (Å²) in [5, 5.41) is 2.95. The molecule has 27 heavy (non-hydrogen) atoms. The fraction of sp³-hybridized carbons (Fsp3) is 0.474. The average molecular weight is 370 g/mol. The van der Waals surface area contributed by atoms with Gasteiger partial charge in [-0.25, -0.2) is 9.97 Å². The van der Waals surface area contributed by atoms with Gasteiger partial charge in [0.25, 0.3) is 5.91 Å². The van der Waals surface area contributed by atoms with Gasteiger partial charge in [-0.05, 0) is 11.5 Å². The van der Waals surface area contributed by atoms with E-state index in [9.17, 15) is 9.59 Å². The van der Waals surface area contributed by atoms with Crippen molar-refractivity contribution in [2.75, 3.05) is 37.6 Å². The molecular formula is C19H26N6O2. The SMILES string of the molecule is C=CC(=O)N1CCN(c2cnc3[nH]cc(C(=O)NCC(C)(C)C)c3n2)CC1. The quantitative estimate of drug-likeness (QED) is 0.797. The van der Waals surface area contributed by atoms with Gasteiger partial charge in [0, 0.05) is 38.9 Å². The fourth-order valence-electron chi connectivity index (χ4n) is 2.93. The maximum atomic E-state index is 12.5. The van der Waals surface area contributed by atoms with Crippen LogP contribution in [0.15, 0.2) is 25.0 Å². The molecule has 0 bridgehead atoms. The third-order valence-electron chi connectivity index (χ3n) is 4.48. The first-order chi connectivity index (χ1) is 12.8. The zero-order valence-corrected chi connectivity index (χ0v) is 16.1. The van der Waals surface area contributed by atoms with Crippen LogP contribution < -0.4 is 10.2 Å². The van der Waals surface area contributed by atoms with Gasteiger partial charge in [-0.2, -0.15) is 0 Å². The molecule has 0 atom stereocenters. The standard InChI is InChI=1S/C19H26N6O2/c1-5-15(26)25-8-6-24(7-9-25)14-11-21-17-16(23-14)13(10-20-17)18(27)22-12-19(2,3)4/h5,10-11H,1,6-9,12H2,2-4H3,(H,20,21)(H,22,27). The summed E-state index contributed by atoms with van der Waals surface area (Å²) >= 11 is 0. The van der Waals surface area contributed by atoms with Gasteiger partial charge < -0.3 is 20.1 Å². The Kier molecular flexibility index (Phi) is 5.16. The summed E-state index contributed by atoms with van der Waals surface area (Å²) in [7, 11) is 0. The number of aromatic amines is 1. The smallest absolute Gasteiger partial charge is 0.255 e. The molecule has 2 aromatic rings. The lowest BCUT2D eigenvalue weighted by Crippen LogP contribution is -2.48. The van der Waals surface area contributed by atoms with E-state index >= 15 is 0 Å². The molecule has 1 aliphatic heterocycles. The predicted molar refractivity (Wildman–Crippen MR) is 105 cm³/mol. The molecule has 0 aromatic carbocycles. The first-order valence-corrected chi connectivity index (χ1v) is 9.07. The van der Waals surface area contributed by atoms with Crippen LogP contribution in [0.3, 0.4) is 0 Å². The second-order valence-electron chi connectivity index (χ2n) is 7.89. The lowest BCUT2D eigenvalue weighted by molar-refractivity contribution is -0.126. The Morgan fingerprint density at radius 2 is 2.00 bits per heavy atom. The molecule has 0 radical (unpaired) electrons. The third kappa shape index (κ3) is 4.27. The lowest BCUT2D eigenvalue weighted by Gasteiger charge is -2.34. The maximum Gasteiger partial charge on any atom is 0.255 e. The van der Waals surface area contributed by atoms with Gasteiger partial charge >= 0.3 is 0 Å². The molecule has 0 aliphatic carbocycles. The zero-order valence-electron chi connectivity index (χ0n) is 16.1. The number of anilines is 1. The highest BCUT2D eigenvalue weighted by molar-refractivity contribution is 6.04. The minimum absolute atomic E-state index is 0.00115. The van der Waals surface area contributed by atoms with E-state index in [0.29, 0.717) is 55.3 Å². The number of nitrogens with zero attached hydrogens (tertiary/aromatic N) is 4. The molecule has 2 N–H and O–H groups in total. The van der Waals surface area contributed by atoms with E-state index in [1.54, 1.807) is 17.3 Å². The number of nitrogens with one attached hydrogen (secondary N) is 2. The molecule has 1 aliphatic rings. The number of fused-ring (bicyclic) bond motifs is 1. The summed E-state index contributed by atoms with van der Waals surface area (Å²) in [6, 6.07) is 0. The van der Waals surface area contributed by atoms with Gasteiger partial charge in [-0.15, -0.1) is 0 Å². The third-order valence-corrected chi connectivity index (χ3v) is 4.48. The number of rotatable bonds is 4. The Hall–Kier alpha value is -2.90. The second kappa shape index (κ2) is 7.38. The molecule has 144 valence electrons. The molecule has 0 saturated carbocycles. The number of carbonyl (C=O) groups is 2. The van der Waals surface area contributed by atoms with Crippen molar-refractivity contribution in [3.05, 3.63) is 30.6 Å². The number of carbonyl (C=O) groups excluding carboxylic acids is 2. The number of hydrogen-bond acceptors (Lipinski definition) is 5. The van der Waals surface area contributed by atoms with Crippen LogP contribution in [0.4, 0.5) is 5.82 Å². The van der Waals surface area contributed by atoms with Crippen molar-refractivity contribution < 1.29 is 9.59 Å². The van der Waals surface area contributed by atoms with Crippen LogP contribution in [0.25, 0.3) is 11.2 Å². The molecule has 3 heterocycles. The Morgan fingerprint density at radius 3 is 2.63 bits per heavy atom. The Bertz CT molecular complexity index is 859. The van der Waals surface area contributed by atoms with Crippen molar-refractivity contribution in [3.63, 3.8) is 0 Å². The minimum Gasteiger partial charge on any atom is -0.352 e.